The smallest absolute Gasteiger partial charge is 0.306 e. The van der Waals surface area contributed by atoms with Gasteiger partial charge in [-0.15, -0.1) is 0 Å². The van der Waals surface area contributed by atoms with E-state index in [1.165, 1.54) is 103 Å². The van der Waals surface area contributed by atoms with Gasteiger partial charge in [-0.05, 0) is 57.8 Å². The highest BCUT2D eigenvalue weighted by atomic mass is 31.2. The van der Waals surface area contributed by atoms with E-state index >= 15 is 0 Å². The van der Waals surface area contributed by atoms with Crippen molar-refractivity contribution in [3.05, 3.63) is 36.5 Å². The van der Waals surface area contributed by atoms with E-state index in [1.54, 1.807) is 0 Å². The molecule has 0 N–H and O–H groups in total. The molecule has 10 heteroatoms. The van der Waals surface area contributed by atoms with Gasteiger partial charge >= 0.3 is 11.9 Å². The largest absolute Gasteiger partial charge is 0.756 e. The van der Waals surface area contributed by atoms with Gasteiger partial charge in [-0.25, -0.2) is 0 Å². The minimum absolute atomic E-state index is 0.0413. The lowest BCUT2D eigenvalue weighted by atomic mass is 10.1. The summed E-state index contributed by atoms with van der Waals surface area (Å²) in [5.41, 5.74) is 0. The number of hydrogen-bond acceptors (Lipinski definition) is 8. The highest BCUT2D eigenvalue weighted by Gasteiger charge is 2.21. The number of likely N-dealkylation sites (N-methyl/N-ethyl adjacent to an activating group) is 1. The van der Waals surface area contributed by atoms with Crippen LogP contribution in [0.1, 0.15) is 181 Å². The number of rotatable bonds is 39. The number of ether oxygens (including phenoxy) is 2. The molecule has 0 saturated carbocycles. The van der Waals surface area contributed by atoms with Crippen molar-refractivity contribution in [3.8, 4) is 0 Å². The number of nitrogens with zero attached hydrogens (tertiary/aromatic N) is 1. The molecule has 0 aliphatic rings. The van der Waals surface area contributed by atoms with Crippen LogP contribution in [-0.4, -0.2) is 70.0 Å². The van der Waals surface area contributed by atoms with Gasteiger partial charge < -0.3 is 27.9 Å². The Morgan fingerprint density at radius 3 is 1.56 bits per heavy atom. The van der Waals surface area contributed by atoms with Gasteiger partial charge in [0.2, 0.25) is 0 Å². The lowest BCUT2D eigenvalue weighted by Crippen LogP contribution is -2.37. The fourth-order valence-electron chi connectivity index (χ4n) is 5.70. The molecular formula is C44H82NO8P. The van der Waals surface area contributed by atoms with Crippen molar-refractivity contribution in [3.63, 3.8) is 0 Å². The first-order chi connectivity index (χ1) is 26.0. The predicted molar refractivity (Wildman–Crippen MR) is 222 cm³/mol. The van der Waals surface area contributed by atoms with Crippen molar-refractivity contribution in [2.45, 2.75) is 187 Å². The van der Waals surface area contributed by atoms with E-state index in [-0.39, 0.29) is 26.1 Å². The number of carbonyl (C=O) groups excluding carboxylic acids is 2. The second kappa shape index (κ2) is 36.8. The Bertz CT molecular complexity index is 1020. The van der Waals surface area contributed by atoms with Crippen LogP contribution in [0.25, 0.3) is 0 Å². The number of quaternary nitrogens is 1. The zero-order valence-corrected chi connectivity index (χ0v) is 36.3. The molecule has 1 unspecified atom stereocenters. The summed E-state index contributed by atoms with van der Waals surface area (Å²) in [5.74, 6) is -0.929. The fraction of sp³-hybridized carbons (Fsp3) is 0.818. The number of esters is 2. The van der Waals surface area contributed by atoms with Crippen LogP contribution in [0.5, 0.6) is 0 Å². The van der Waals surface area contributed by atoms with E-state index in [2.05, 4.69) is 44.2 Å². The Balaban J connectivity index is 4.46. The van der Waals surface area contributed by atoms with E-state index in [4.69, 9.17) is 18.5 Å². The third kappa shape index (κ3) is 39.9. The number of hydrogen-bond donors (Lipinski definition) is 0. The average molecular weight is 784 g/mol. The molecule has 9 nitrogen and oxygen atoms in total. The SMILES string of the molecule is CCCCCCCC/C=C/C/C=C/CCCCC(=O)O[C@H](COC(=O)CC/C=C/CCCCCCCCCCCCC)COP(=O)([O-])OCC[N+](C)(C)C. The maximum absolute atomic E-state index is 12.6. The summed E-state index contributed by atoms with van der Waals surface area (Å²) in [6.45, 7) is 4.14. The molecule has 0 heterocycles. The minimum atomic E-state index is -4.64. The topological polar surface area (TPSA) is 111 Å². The lowest BCUT2D eigenvalue weighted by molar-refractivity contribution is -0.870. The van der Waals surface area contributed by atoms with Gasteiger partial charge in [0.05, 0.1) is 27.7 Å². The van der Waals surface area contributed by atoms with Crippen LogP contribution >= 0.6 is 7.82 Å². The molecule has 0 aromatic carbocycles. The van der Waals surface area contributed by atoms with Gasteiger partial charge in [-0.2, -0.15) is 0 Å². The van der Waals surface area contributed by atoms with E-state index in [0.717, 1.165) is 38.5 Å². The Morgan fingerprint density at radius 1 is 0.574 bits per heavy atom. The van der Waals surface area contributed by atoms with Crippen molar-refractivity contribution in [2.24, 2.45) is 0 Å². The molecule has 0 amide bonds. The summed E-state index contributed by atoms with van der Waals surface area (Å²) in [4.78, 5) is 37.4. The third-order valence-electron chi connectivity index (χ3n) is 9.15. The van der Waals surface area contributed by atoms with Gasteiger partial charge in [0.25, 0.3) is 7.82 Å². The summed E-state index contributed by atoms with van der Waals surface area (Å²) in [7, 11) is 1.13. The van der Waals surface area contributed by atoms with E-state index in [0.29, 0.717) is 23.9 Å². The first kappa shape index (κ1) is 52.2. The molecule has 0 rings (SSSR count). The Morgan fingerprint density at radius 2 is 1.04 bits per heavy atom. The standard InChI is InChI=1S/C44H82NO8P/c1-6-8-10-12-14-16-18-20-22-24-26-28-30-32-34-36-43(46)50-40-42(41-52-54(48,49)51-39-38-45(3,4)5)53-44(47)37-35-33-31-29-27-25-23-21-19-17-15-13-11-9-7-2/h21,23,27,29-30,32,42H,6-20,22,24-26,28,31,33-41H2,1-5H3/b23-21+,29-27+,32-30+/t42-/m1/s1. The Labute approximate surface area is 331 Å². The van der Waals surface area contributed by atoms with Crippen molar-refractivity contribution in [1.82, 2.24) is 0 Å². The van der Waals surface area contributed by atoms with Crippen LogP contribution in [0.4, 0.5) is 0 Å². The summed E-state index contributed by atoms with van der Waals surface area (Å²) in [5, 5.41) is 0. The zero-order valence-electron chi connectivity index (χ0n) is 35.4. The summed E-state index contributed by atoms with van der Waals surface area (Å²) >= 11 is 0. The van der Waals surface area contributed by atoms with Crippen LogP contribution < -0.4 is 4.89 Å². The molecule has 0 aromatic rings. The molecule has 0 aliphatic carbocycles. The molecule has 54 heavy (non-hydrogen) atoms. The van der Waals surface area contributed by atoms with Gasteiger partial charge in [0, 0.05) is 12.8 Å². The number of unbranched alkanes of at least 4 members (excludes halogenated alkanes) is 19. The first-order valence-corrected chi connectivity index (χ1v) is 23.2. The van der Waals surface area contributed by atoms with Crippen molar-refractivity contribution in [2.75, 3.05) is 47.5 Å². The van der Waals surface area contributed by atoms with E-state index < -0.39 is 32.5 Å². The van der Waals surface area contributed by atoms with Gasteiger partial charge in [-0.3, -0.25) is 14.2 Å². The van der Waals surface area contributed by atoms with Crippen molar-refractivity contribution >= 4 is 19.8 Å². The van der Waals surface area contributed by atoms with Crippen molar-refractivity contribution in [1.29, 1.82) is 0 Å². The third-order valence-corrected chi connectivity index (χ3v) is 10.1. The van der Waals surface area contributed by atoms with Gasteiger partial charge in [0.15, 0.2) is 6.10 Å². The monoisotopic (exact) mass is 784 g/mol. The van der Waals surface area contributed by atoms with E-state index in [9.17, 15) is 19.0 Å². The maximum Gasteiger partial charge on any atom is 0.306 e. The lowest BCUT2D eigenvalue weighted by Gasteiger charge is -2.28. The molecule has 0 fully saturated rings. The molecule has 0 bridgehead atoms. The normalized spacial score (nSPS) is 14.0. The molecule has 0 saturated heterocycles. The summed E-state index contributed by atoms with van der Waals surface area (Å²) in [6, 6.07) is 0. The van der Waals surface area contributed by atoms with E-state index in [1.807, 2.05) is 27.2 Å². The number of allylic oxidation sites excluding steroid dienone is 6. The number of phosphoric acid groups is 1. The average Bonchev–Trinajstić information content (AvgIpc) is 3.12. The van der Waals surface area contributed by atoms with Gasteiger partial charge in [-0.1, -0.05) is 147 Å². The Kier molecular flexibility index (Phi) is 35.6. The maximum atomic E-state index is 12.6. The highest BCUT2D eigenvalue weighted by molar-refractivity contribution is 7.45. The quantitative estimate of drug-likeness (QED) is 0.0199. The molecular weight excluding hydrogens is 701 g/mol. The number of phosphoric ester groups is 1. The fourth-order valence-corrected chi connectivity index (χ4v) is 6.43. The van der Waals surface area contributed by atoms with Crippen LogP contribution in [-0.2, 0) is 32.7 Å². The van der Waals surface area contributed by atoms with Crippen molar-refractivity contribution < 1.29 is 42.1 Å². The van der Waals surface area contributed by atoms with Gasteiger partial charge in [0.1, 0.15) is 19.8 Å². The summed E-state index contributed by atoms with van der Waals surface area (Å²) < 4.78 is 33.8. The van der Waals surface area contributed by atoms with Crippen LogP contribution in [0.2, 0.25) is 0 Å². The molecule has 0 radical (unpaired) electrons. The Hall–Kier alpha value is -1.77. The minimum Gasteiger partial charge on any atom is -0.756 e. The highest BCUT2D eigenvalue weighted by Crippen LogP contribution is 2.38. The first-order valence-electron chi connectivity index (χ1n) is 21.7. The molecule has 0 aromatic heterocycles. The zero-order chi connectivity index (χ0) is 40.0. The number of carbonyl (C=O) groups is 2. The molecule has 0 aliphatic heterocycles. The second-order valence-corrected chi connectivity index (χ2v) is 17.1. The predicted octanol–water partition coefficient (Wildman–Crippen LogP) is 11.5. The van der Waals surface area contributed by atoms with Crippen LogP contribution in [0.3, 0.4) is 0 Å². The molecule has 0 spiro atoms. The second-order valence-electron chi connectivity index (χ2n) is 15.7. The molecule has 316 valence electrons. The summed E-state index contributed by atoms with van der Waals surface area (Å²) in [6.07, 6.45) is 40.4. The molecule has 2 atom stereocenters. The van der Waals surface area contributed by atoms with Crippen LogP contribution in [0.15, 0.2) is 36.5 Å². The van der Waals surface area contributed by atoms with Crippen LogP contribution in [0, 0.1) is 0 Å².